The van der Waals surface area contributed by atoms with E-state index in [4.69, 9.17) is 5.73 Å². The lowest BCUT2D eigenvalue weighted by molar-refractivity contribution is -0.385. The van der Waals surface area contributed by atoms with Crippen LogP contribution in [0.1, 0.15) is 11.1 Å². The molecule has 2 rings (SSSR count). The highest BCUT2D eigenvalue weighted by Crippen LogP contribution is 2.26. The minimum absolute atomic E-state index is 0.0229. The Hall–Kier alpha value is -2.80. The number of nitrogens with two attached hydrogens (primary N) is 1. The molecule has 0 unspecified atom stereocenters. The van der Waals surface area contributed by atoms with E-state index in [0.717, 1.165) is 30.4 Å². The van der Waals surface area contributed by atoms with E-state index in [1.165, 1.54) is 12.1 Å². The molecule has 10 nitrogen and oxygen atoms in total. The van der Waals surface area contributed by atoms with E-state index in [-0.39, 0.29) is 16.8 Å². The van der Waals surface area contributed by atoms with Gasteiger partial charge in [0.1, 0.15) is 20.2 Å². The molecule has 138 valence electrons. The molecule has 0 radical (unpaired) electrons. The number of anilines is 1. The van der Waals surface area contributed by atoms with Crippen LogP contribution < -0.4 is 5.73 Å². The number of hydrogen-bond acceptors (Lipinski definition) is 9. The first-order valence-corrected chi connectivity index (χ1v) is 9.49. The molecule has 0 aromatic heterocycles. The third-order valence-corrected chi connectivity index (χ3v) is 5.01. The van der Waals surface area contributed by atoms with Crippen LogP contribution in [0.15, 0.2) is 46.2 Å². The number of hydrogen-bond donors (Lipinski definition) is 1. The topological polar surface area (TPSA) is 184 Å². The summed E-state index contributed by atoms with van der Waals surface area (Å²) in [5, 5.41) is 10.7. The quantitative estimate of drug-likeness (QED) is 0.254. The second-order valence-corrected chi connectivity index (χ2v) is 7.71. The number of nitrogens with zero attached hydrogens (tertiary/aromatic N) is 1. The van der Waals surface area contributed by atoms with Gasteiger partial charge in [-0.1, -0.05) is 18.2 Å². The van der Waals surface area contributed by atoms with Gasteiger partial charge in [-0.25, -0.2) is 16.8 Å². The average molecular weight is 398 g/mol. The van der Waals surface area contributed by atoms with Crippen molar-refractivity contribution in [3.63, 3.8) is 0 Å². The van der Waals surface area contributed by atoms with Gasteiger partial charge >= 0.3 is 0 Å². The predicted molar refractivity (Wildman–Crippen MR) is 88.8 cm³/mol. The summed E-state index contributed by atoms with van der Waals surface area (Å²) in [6.45, 7) is 0. The lowest BCUT2D eigenvalue weighted by Gasteiger charge is -2.12. The van der Waals surface area contributed by atoms with Gasteiger partial charge in [0.15, 0.2) is 0 Å². The number of nitro benzene ring substituents is 1. The molecule has 0 saturated heterocycles. The van der Waals surface area contributed by atoms with E-state index in [2.05, 4.69) is 0 Å². The molecule has 2 aromatic rings. The summed E-state index contributed by atoms with van der Waals surface area (Å²) in [4.78, 5) is 8.37. The summed E-state index contributed by atoms with van der Waals surface area (Å²) in [5.74, 6) is 0. The van der Waals surface area contributed by atoms with E-state index < -0.39 is 40.6 Å². The standard InChI is InChI=1S/C14H12N2O8S2/c15-11-5-3-9(13(7-11)25(19,20)21)1-2-10-4-6-12(16(17)18)8-14(10)26(22,23)24/h1-8H,15H2,(H,19,20,21)(H,22,23,24)/p-2. The first-order chi connectivity index (χ1) is 11.9. The Morgan fingerprint density at radius 3 is 1.77 bits per heavy atom. The van der Waals surface area contributed by atoms with Crippen LogP contribution in [0.5, 0.6) is 0 Å². The van der Waals surface area contributed by atoms with Crippen LogP contribution in [0.2, 0.25) is 0 Å². The Bertz CT molecular complexity index is 1120. The smallest absolute Gasteiger partial charge is 0.270 e. The first kappa shape index (κ1) is 19.5. The van der Waals surface area contributed by atoms with Gasteiger partial charge in [0.05, 0.1) is 14.7 Å². The zero-order valence-corrected chi connectivity index (χ0v) is 14.4. The maximum Gasteiger partial charge on any atom is 0.270 e. The molecule has 0 atom stereocenters. The molecule has 2 N–H and O–H groups in total. The van der Waals surface area contributed by atoms with Crippen LogP contribution in [-0.2, 0) is 20.2 Å². The minimum Gasteiger partial charge on any atom is -0.744 e. The SMILES string of the molecule is Nc1ccc(C=Cc2ccc([N+](=O)[O-])cc2S(=O)(=O)[O-])c(S(=O)(=O)[O-])c1. The molecule has 0 aliphatic heterocycles. The molecule has 0 bridgehead atoms. The highest BCUT2D eigenvalue weighted by atomic mass is 32.2. The third-order valence-electron chi connectivity index (χ3n) is 3.23. The van der Waals surface area contributed by atoms with Crippen molar-refractivity contribution in [1.29, 1.82) is 0 Å². The van der Waals surface area contributed by atoms with Crippen LogP contribution >= 0.6 is 0 Å². The van der Waals surface area contributed by atoms with Crippen molar-refractivity contribution < 1.29 is 30.9 Å². The van der Waals surface area contributed by atoms with Crippen molar-refractivity contribution in [3.8, 4) is 0 Å². The monoisotopic (exact) mass is 398 g/mol. The maximum absolute atomic E-state index is 11.3. The van der Waals surface area contributed by atoms with Gasteiger partial charge in [-0.15, -0.1) is 0 Å². The van der Waals surface area contributed by atoms with Gasteiger partial charge in [-0.2, -0.15) is 0 Å². The van der Waals surface area contributed by atoms with Crippen LogP contribution in [0, 0.1) is 10.1 Å². The molecule has 12 heteroatoms. The van der Waals surface area contributed by atoms with Crippen molar-refractivity contribution in [2.75, 3.05) is 5.73 Å². The number of rotatable bonds is 5. The van der Waals surface area contributed by atoms with Crippen molar-refractivity contribution in [1.82, 2.24) is 0 Å². The van der Waals surface area contributed by atoms with Crippen molar-refractivity contribution >= 4 is 43.8 Å². The molecule has 26 heavy (non-hydrogen) atoms. The predicted octanol–water partition coefficient (Wildman–Crippen LogP) is 1.16. The number of non-ortho nitro benzene ring substituents is 1. The van der Waals surface area contributed by atoms with Gasteiger partial charge in [0, 0.05) is 17.8 Å². The summed E-state index contributed by atoms with van der Waals surface area (Å²) in [6, 6.07) is 6.05. The normalized spacial score (nSPS) is 12.4. The fraction of sp³-hybridized carbons (Fsp3) is 0. The van der Waals surface area contributed by atoms with E-state index in [0.29, 0.717) is 6.07 Å². The van der Waals surface area contributed by atoms with Crippen molar-refractivity contribution in [2.24, 2.45) is 0 Å². The van der Waals surface area contributed by atoms with Crippen molar-refractivity contribution in [3.05, 3.63) is 57.6 Å². The molecular weight excluding hydrogens is 388 g/mol. The lowest BCUT2D eigenvalue weighted by atomic mass is 10.1. The lowest BCUT2D eigenvalue weighted by Crippen LogP contribution is -2.03. The molecule has 0 amide bonds. The second-order valence-electron chi connectivity index (χ2n) is 5.02. The van der Waals surface area contributed by atoms with Crippen LogP contribution in [0.4, 0.5) is 11.4 Å². The maximum atomic E-state index is 11.3. The van der Waals surface area contributed by atoms with Gasteiger partial charge < -0.3 is 14.8 Å². The molecule has 0 aliphatic rings. The minimum atomic E-state index is -5.04. The summed E-state index contributed by atoms with van der Waals surface area (Å²) >= 11 is 0. The van der Waals surface area contributed by atoms with Gasteiger partial charge in [0.2, 0.25) is 0 Å². The number of nitro groups is 1. The molecular formula is C14H10N2O8S2-2. The Morgan fingerprint density at radius 1 is 0.846 bits per heavy atom. The highest BCUT2D eigenvalue weighted by Gasteiger charge is 2.14. The Morgan fingerprint density at radius 2 is 1.31 bits per heavy atom. The largest absolute Gasteiger partial charge is 0.744 e. The average Bonchev–Trinajstić information content (AvgIpc) is 2.51. The molecule has 0 fully saturated rings. The van der Waals surface area contributed by atoms with Gasteiger partial charge in [0.25, 0.3) is 5.69 Å². The second kappa shape index (κ2) is 6.84. The van der Waals surface area contributed by atoms with Crippen LogP contribution in [-0.4, -0.2) is 30.9 Å². The Balaban J connectivity index is 2.61. The fourth-order valence-corrected chi connectivity index (χ4v) is 3.47. The highest BCUT2D eigenvalue weighted by molar-refractivity contribution is 7.86. The van der Waals surface area contributed by atoms with E-state index in [1.807, 2.05) is 0 Å². The summed E-state index contributed by atoms with van der Waals surface area (Å²) < 4.78 is 67.9. The van der Waals surface area contributed by atoms with E-state index >= 15 is 0 Å². The molecule has 2 aromatic carbocycles. The number of nitrogen functional groups attached to an aromatic ring is 1. The molecule has 0 saturated carbocycles. The summed E-state index contributed by atoms with van der Waals surface area (Å²) in [5.41, 5.74) is 4.56. The van der Waals surface area contributed by atoms with E-state index in [9.17, 15) is 36.1 Å². The zero-order valence-electron chi connectivity index (χ0n) is 12.7. The van der Waals surface area contributed by atoms with Gasteiger partial charge in [-0.05, 0) is 29.3 Å². The summed E-state index contributed by atoms with van der Waals surface area (Å²) in [7, 11) is -9.91. The first-order valence-electron chi connectivity index (χ1n) is 6.67. The van der Waals surface area contributed by atoms with Crippen LogP contribution in [0.3, 0.4) is 0 Å². The Labute approximate surface area is 148 Å². The van der Waals surface area contributed by atoms with E-state index in [1.54, 1.807) is 0 Å². The van der Waals surface area contributed by atoms with Crippen LogP contribution in [0.25, 0.3) is 12.2 Å². The third kappa shape index (κ3) is 4.43. The molecule has 0 heterocycles. The van der Waals surface area contributed by atoms with Gasteiger partial charge in [-0.3, -0.25) is 10.1 Å². The van der Waals surface area contributed by atoms with Crippen molar-refractivity contribution in [2.45, 2.75) is 9.79 Å². The molecule has 0 spiro atoms. The summed E-state index contributed by atoms with van der Waals surface area (Å²) in [6.07, 6.45) is 2.13. The number of benzene rings is 2. The molecule has 0 aliphatic carbocycles. The fourth-order valence-electron chi connectivity index (χ4n) is 2.08. The zero-order chi connectivity index (χ0) is 19.7. The Kier molecular flexibility index (Phi) is 5.13.